The van der Waals surface area contributed by atoms with Gasteiger partial charge in [-0.05, 0) is 70.8 Å². The molecule has 1 aliphatic heterocycles. The molecule has 0 fully saturated rings. The molecule has 53 heavy (non-hydrogen) atoms. The van der Waals surface area contributed by atoms with Crippen LogP contribution in [0, 0.1) is 0 Å². The molecule has 0 aliphatic carbocycles. The summed E-state index contributed by atoms with van der Waals surface area (Å²) in [7, 11) is 0. The Labute approximate surface area is 315 Å². The average Bonchev–Trinajstić information content (AvgIpc) is 3.50. The number of carboxylic acid groups (broad SMARTS) is 2. The van der Waals surface area contributed by atoms with E-state index in [2.05, 4.69) is 0 Å². The van der Waals surface area contributed by atoms with Crippen LogP contribution in [0.1, 0.15) is 39.8 Å². The van der Waals surface area contributed by atoms with E-state index in [-0.39, 0.29) is 56.6 Å². The van der Waals surface area contributed by atoms with Crippen LogP contribution in [0.3, 0.4) is 0 Å². The monoisotopic (exact) mass is 740 g/mol. The van der Waals surface area contributed by atoms with Gasteiger partial charge in [0.1, 0.15) is 24.2 Å². The molecule has 0 amide bonds. The van der Waals surface area contributed by atoms with E-state index < -0.39 is 101 Å². The van der Waals surface area contributed by atoms with Gasteiger partial charge in [0, 0.05) is 24.5 Å². The van der Waals surface area contributed by atoms with Crippen molar-refractivity contribution in [1.82, 2.24) is 0 Å². The standard InChI is InChI=1S/C36H30O16.Mg/c37-20-6-1-16(11-24(20)41)13-27(34(45)46)50-29(44)10-5-18-3-9-23(40)33-30(18)31(32(52-33)19-4-8-22(39)26(43)15-19)36(49)51-28(35(47)48)14-17-2-7-21(38)25(42)12-17;/h1-12,15,27-28,31-32,37-43H,13-14H2,(H,45,46)(H,47,48);/q;+2/p-2/b10-5+;/t27-,28-,31+,32-;/m1./s1. The van der Waals surface area contributed by atoms with Gasteiger partial charge in [0.15, 0.2) is 46.0 Å². The first-order valence-corrected chi connectivity index (χ1v) is 15.2. The maximum absolute atomic E-state index is 13.9. The molecule has 1 heterocycles. The molecule has 16 nitrogen and oxygen atoms in total. The van der Waals surface area contributed by atoms with Crippen LogP contribution in [0.5, 0.6) is 46.0 Å². The number of rotatable bonds is 12. The number of hydrogen-bond acceptors (Lipinski definition) is 16. The third kappa shape index (κ3) is 8.94. The van der Waals surface area contributed by atoms with Crippen molar-refractivity contribution < 1.29 is 79.3 Å². The van der Waals surface area contributed by atoms with Crippen molar-refractivity contribution in [2.75, 3.05) is 0 Å². The van der Waals surface area contributed by atoms with Gasteiger partial charge in [-0.25, -0.2) is 4.79 Å². The van der Waals surface area contributed by atoms with Gasteiger partial charge in [-0.2, -0.15) is 0 Å². The van der Waals surface area contributed by atoms with E-state index in [9.17, 15) is 65.1 Å². The van der Waals surface area contributed by atoms with E-state index in [1.165, 1.54) is 24.3 Å². The first kappa shape index (κ1) is 39.5. The fraction of sp³-hybridized carbons (Fsp3) is 0.167. The van der Waals surface area contributed by atoms with E-state index in [1.807, 2.05) is 0 Å². The van der Waals surface area contributed by atoms with Crippen molar-refractivity contribution in [3.05, 3.63) is 101 Å². The second-order valence-electron chi connectivity index (χ2n) is 11.6. The van der Waals surface area contributed by atoms with Crippen LogP contribution in [-0.4, -0.2) is 94.9 Å². The quantitative estimate of drug-likeness (QED) is 0.0444. The Kier molecular flexibility index (Phi) is 12.2. The number of hydrogen-bond donors (Lipinski definition) is 7. The van der Waals surface area contributed by atoms with Crippen molar-refractivity contribution in [1.29, 1.82) is 0 Å². The summed E-state index contributed by atoms with van der Waals surface area (Å²) in [6, 6.07) is 12.7. The summed E-state index contributed by atoms with van der Waals surface area (Å²) in [5.74, 6) is -11.6. The molecule has 270 valence electrons. The summed E-state index contributed by atoms with van der Waals surface area (Å²) in [5.41, 5.74) is 0.269. The van der Waals surface area contributed by atoms with Gasteiger partial charge < -0.3 is 69.8 Å². The summed E-state index contributed by atoms with van der Waals surface area (Å²) in [5, 5.41) is 93.3. The van der Waals surface area contributed by atoms with E-state index in [0.29, 0.717) is 0 Å². The molecule has 0 bridgehead atoms. The molecule has 0 saturated carbocycles. The number of esters is 2. The number of benzene rings is 4. The molecule has 4 aromatic carbocycles. The summed E-state index contributed by atoms with van der Waals surface area (Å²) in [6.45, 7) is 0. The zero-order valence-corrected chi connectivity index (χ0v) is 28.7. The smallest absolute Gasteiger partial charge is 0.546 e. The third-order valence-corrected chi connectivity index (χ3v) is 8.01. The van der Waals surface area contributed by atoms with Gasteiger partial charge in [0.2, 0.25) is 0 Å². The largest absolute Gasteiger partial charge is 2.00 e. The first-order chi connectivity index (χ1) is 24.6. The van der Waals surface area contributed by atoms with Gasteiger partial charge in [0.05, 0.1) is 11.9 Å². The predicted octanol–water partition coefficient (Wildman–Crippen LogP) is 0.284. The van der Waals surface area contributed by atoms with Crippen molar-refractivity contribution in [2.45, 2.75) is 37.1 Å². The molecule has 0 aromatic heterocycles. The first-order valence-electron chi connectivity index (χ1n) is 15.2. The van der Waals surface area contributed by atoms with Crippen LogP contribution in [-0.2, 0) is 41.5 Å². The molecule has 0 spiro atoms. The normalized spacial score (nSPS) is 15.7. The van der Waals surface area contributed by atoms with Crippen LogP contribution < -0.4 is 14.9 Å². The van der Waals surface area contributed by atoms with Crippen LogP contribution in [0.15, 0.2) is 72.8 Å². The Balaban J connectivity index is 0.00000627. The maximum Gasteiger partial charge on any atom is 2.00 e. The summed E-state index contributed by atoms with van der Waals surface area (Å²) in [6.07, 6.45) is -4.31. The van der Waals surface area contributed by atoms with Crippen LogP contribution in [0.2, 0.25) is 0 Å². The molecule has 0 radical (unpaired) electrons. The molecule has 4 atom stereocenters. The van der Waals surface area contributed by atoms with Gasteiger partial charge in [0.25, 0.3) is 0 Å². The molecular weight excluding hydrogens is 713 g/mol. The number of carbonyl (C=O) groups is 4. The molecule has 0 saturated heterocycles. The Bertz CT molecular complexity index is 2090. The zero-order valence-electron chi connectivity index (χ0n) is 27.2. The van der Waals surface area contributed by atoms with Crippen LogP contribution in [0.4, 0.5) is 0 Å². The minimum atomic E-state index is -1.96. The van der Waals surface area contributed by atoms with Gasteiger partial charge in [-0.1, -0.05) is 24.3 Å². The minimum absolute atomic E-state index is 0. The van der Waals surface area contributed by atoms with Crippen molar-refractivity contribution in [3.8, 4) is 46.0 Å². The third-order valence-electron chi connectivity index (χ3n) is 8.01. The molecule has 7 N–H and O–H groups in total. The van der Waals surface area contributed by atoms with E-state index in [4.69, 9.17) is 14.2 Å². The number of phenols is 7. The van der Waals surface area contributed by atoms with Crippen molar-refractivity contribution in [2.24, 2.45) is 0 Å². The number of phenolic OH excluding ortho intramolecular Hbond substituents is 7. The van der Waals surface area contributed by atoms with Gasteiger partial charge in [-0.3, -0.25) is 4.79 Å². The van der Waals surface area contributed by atoms with Crippen LogP contribution >= 0.6 is 0 Å². The fourth-order valence-corrected chi connectivity index (χ4v) is 5.48. The average molecular weight is 741 g/mol. The number of ether oxygens (including phenoxy) is 3. The fourth-order valence-electron chi connectivity index (χ4n) is 5.48. The van der Waals surface area contributed by atoms with E-state index in [1.54, 1.807) is 0 Å². The summed E-state index contributed by atoms with van der Waals surface area (Å²) < 4.78 is 16.3. The SMILES string of the molecule is O=C(/C=C/c1ccc(O)c2c1[C@H](C(=O)O[C@H](Cc1ccc(O)c(O)c1)C(=O)[O-])[C@@H](c1ccc(O)c(O)c1)O2)O[C@H](Cc1ccc(O)c(O)c1)C(=O)[O-].[Mg+2]. The maximum atomic E-state index is 13.9. The number of aliphatic carboxylic acids is 2. The molecule has 17 heteroatoms. The Hall–Kier alpha value is -6.33. The predicted molar refractivity (Wildman–Crippen MR) is 176 cm³/mol. The second-order valence-corrected chi connectivity index (χ2v) is 11.6. The molecule has 4 aromatic rings. The zero-order chi connectivity index (χ0) is 37.9. The number of carbonyl (C=O) groups excluding carboxylic acids is 4. The van der Waals surface area contributed by atoms with Crippen molar-refractivity contribution in [3.63, 3.8) is 0 Å². The Morgan fingerprint density at radius 2 is 1.15 bits per heavy atom. The topological polar surface area (TPSA) is 284 Å². The van der Waals surface area contributed by atoms with Crippen molar-refractivity contribution >= 4 is 53.0 Å². The second kappa shape index (κ2) is 16.3. The molecular formula is C36H28MgO16. The molecule has 1 aliphatic rings. The molecule has 5 rings (SSSR count). The molecule has 0 unspecified atom stereocenters. The summed E-state index contributed by atoms with van der Waals surface area (Å²) >= 11 is 0. The Morgan fingerprint density at radius 1 is 0.660 bits per heavy atom. The number of carboxylic acids is 2. The van der Waals surface area contributed by atoms with E-state index >= 15 is 0 Å². The van der Waals surface area contributed by atoms with Gasteiger partial charge >= 0.3 is 35.0 Å². The number of fused-ring (bicyclic) bond motifs is 1. The Morgan fingerprint density at radius 3 is 1.66 bits per heavy atom. The minimum Gasteiger partial charge on any atom is -0.546 e. The van der Waals surface area contributed by atoms with E-state index in [0.717, 1.165) is 54.6 Å². The summed E-state index contributed by atoms with van der Waals surface area (Å²) in [4.78, 5) is 50.6. The number of aromatic hydroxyl groups is 7. The van der Waals surface area contributed by atoms with Crippen LogP contribution in [0.25, 0.3) is 6.08 Å². The van der Waals surface area contributed by atoms with Gasteiger partial charge in [-0.15, -0.1) is 0 Å².